The van der Waals surface area contributed by atoms with E-state index in [0.29, 0.717) is 17.9 Å². The second kappa shape index (κ2) is 11.9. The molecule has 2 atom stereocenters. The van der Waals surface area contributed by atoms with Crippen molar-refractivity contribution in [3.63, 3.8) is 0 Å². The van der Waals surface area contributed by atoms with Crippen molar-refractivity contribution >= 4 is 5.69 Å². The van der Waals surface area contributed by atoms with E-state index >= 15 is 0 Å². The highest BCUT2D eigenvalue weighted by molar-refractivity contribution is 5.48. The fraction of sp³-hybridized carbons (Fsp3) is 0.704. The van der Waals surface area contributed by atoms with Crippen molar-refractivity contribution in [2.45, 2.75) is 87.1 Å². The van der Waals surface area contributed by atoms with Gasteiger partial charge >= 0.3 is 0 Å². The molecule has 4 N–H and O–H groups in total. The van der Waals surface area contributed by atoms with Gasteiger partial charge in [0.15, 0.2) is 0 Å². The molecular weight excluding hydrogens is 366 g/mol. The summed E-state index contributed by atoms with van der Waals surface area (Å²) in [7, 11) is 0. The summed E-state index contributed by atoms with van der Waals surface area (Å²) in [5, 5.41) is 0. The van der Waals surface area contributed by atoms with Gasteiger partial charge in [-0.25, -0.2) is 0 Å². The maximum Gasteiger partial charge on any atom is 0.0369 e. The summed E-state index contributed by atoms with van der Waals surface area (Å²) in [6.07, 6.45) is 6.83. The lowest BCUT2D eigenvalue weighted by Gasteiger charge is -2.36. The third-order valence-corrected chi connectivity index (χ3v) is 5.71. The van der Waals surface area contributed by atoms with Gasteiger partial charge < -0.3 is 16.4 Å². The van der Waals surface area contributed by atoms with E-state index in [1.165, 1.54) is 23.2 Å². The molecule has 3 nitrogen and oxygen atoms in total. The Kier molecular flexibility index (Phi) is 10.6. The van der Waals surface area contributed by atoms with Crippen molar-refractivity contribution in [1.29, 1.82) is 0 Å². The number of benzene rings is 1. The Morgan fingerprint density at radius 1 is 1.07 bits per heavy atom. The molecule has 0 amide bonds. The molecule has 0 aromatic heterocycles. The molecule has 0 aliphatic heterocycles. The molecule has 0 bridgehead atoms. The van der Waals surface area contributed by atoms with Gasteiger partial charge in [-0.3, -0.25) is 0 Å². The van der Waals surface area contributed by atoms with E-state index in [0.717, 1.165) is 32.4 Å². The lowest BCUT2D eigenvalue weighted by atomic mass is 9.80. The normalized spacial score (nSPS) is 14.3. The highest BCUT2D eigenvalue weighted by Gasteiger charge is 2.25. The van der Waals surface area contributed by atoms with Crippen LogP contribution in [0.25, 0.3) is 0 Å². The Hall–Kier alpha value is -1.32. The maximum atomic E-state index is 6.09. The summed E-state index contributed by atoms with van der Waals surface area (Å²) in [5.41, 5.74) is 16.5. The highest BCUT2D eigenvalue weighted by atomic mass is 15.1. The van der Waals surface area contributed by atoms with Crippen LogP contribution in [0.2, 0.25) is 0 Å². The van der Waals surface area contributed by atoms with E-state index in [9.17, 15) is 0 Å². The highest BCUT2D eigenvalue weighted by Crippen LogP contribution is 2.31. The van der Waals surface area contributed by atoms with Crippen LogP contribution in [-0.4, -0.2) is 25.7 Å². The van der Waals surface area contributed by atoms with Gasteiger partial charge in [0.05, 0.1) is 0 Å². The van der Waals surface area contributed by atoms with Gasteiger partial charge in [0.2, 0.25) is 0 Å². The van der Waals surface area contributed by atoms with E-state index in [4.69, 9.17) is 11.5 Å². The number of hydrogen-bond acceptors (Lipinski definition) is 3. The van der Waals surface area contributed by atoms with Crippen LogP contribution < -0.4 is 16.4 Å². The quantitative estimate of drug-likeness (QED) is 0.402. The number of aryl methyl sites for hydroxylation is 1. The van der Waals surface area contributed by atoms with Crippen molar-refractivity contribution in [3.8, 4) is 0 Å². The molecule has 1 aromatic carbocycles. The van der Waals surface area contributed by atoms with Crippen LogP contribution >= 0.6 is 0 Å². The first kappa shape index (κ1) is 26.7. The topological polar surface area (TPSA) is 55.3 Å². The molecule has 0 aliphatic carbocycles. The van der Waals surface area contributed by atoms with Crippen molar-refractivity contribution in [2.24, 2.45) is 28.2 Å². The van der Waals surface area contributed by atoms with Crippen LogP contribution in [0.4, 0.5) is 5.69 Å². The monoisotopic (exact) mass is 415 g/mol. The average Bonchev–Trinajstić information content (AvgIpc) is 2.62. The number of anilines is 1. The van der Waals surface area contributed by atoms with Crippen molar-refractivity contribution < 1.29 is 0 Å². The Morgan fingerprint density at radius 2 is 1.67 bits per heavy atom. The number of nitrogens with two attached hydrogens (primary N) is 2. The van der Waals surface area contributed by atoms with Gasteiger partial charge in [0.1, 0.15) is 0 Å². The number of allylic oxidation sites excluding steroid dienone is 1. The van der Waals surface area contributed by atoms with E-state index in [1.807, 2.05) is 0 Å². The van der Waals surface area contributed by atoms with E-state index in [2.05, 4.69) is 90.6 Å². The lowest BCUT2D eigenvalue weighted by Crippen LogP contribution is -2.37. The Labute approximate surface area is 187 Å². The largest absolute Gasteiger partial charge is 0.367 e. The summed E-state index contributed by atoms with van der Waals surface area (Å²) < 4.78 is 0. The summed E-state index contributed by atoms with van der Waals surface area (Å²) in [4.78, 5) is 2.52. The Bertz CT molecular complexity index is 633. The van der Waals surface area contributed by atoms with Crippen LogP contribution in [0.15, 0.2) is 35.9 Å². The van der Waals surface area contributed by atoms with Crippen molar-refractivity contribution in [3.05, 3.63) is 41.5 Å². The molecule has 172 valence electrons. The van der Waals surface area contributed by atoms with Gasteiger partial charge in [-0.1, -0.05) is 65.3 Å². The van der Waals surface area contributed by atoms with Crippen molar-refractivity contribution in [1.82, 2.24) is 0 Å². The molecule has 0 fully saturated rings. The smallest absolute Gasteiger partial charge is 0.0369 e. The van der Waals surface area contributed by atoms with Crippen LogP contribution in [-0.2, 0) is 6.42 Å². The van der Waals surface area contributed by atoms with E-state index in [1.54, 1.807) is 0 Å². The zero-order chi connectivity index (χ0) is 22.9. The standard InChI is InChI=1S/C27H49N3/c1-21(2)14-16-30(20-27(7,8)18-22(3)17-24(29)19-28)25-11-9-23(10-12-25)13-15-26(4,5)6/h9-12,14,22,24H,13,15-20,28-29H2,1-8H3. The number of nitrogens with zero attached hydrogens (tertiary/aromatic N) is 1. The molecule has 30 heavy (non-hydrogen) atoms. The van der Waals surface area contributed by atoms with Crippen LogP contribution in [0.5, 0.6) is 0 Å². The first-order valence-electron chi connectivity index (χ1n) is 11.7. The average molecular weight is 416 g/mol. The molecule has 3 heteroatoms. The second-order valence-corrected chi connectivity index (χ2v) is 11.6. The molecule has 0 saturated heterocycles. The maximum absolute atomic E-state index is 6.09. The Balaban J connectivity index is 2.89. The van der Waals surface area contributed by atoms with E-state index < -0.39 is 0 Å². The predicted octanol–water partition coefficient (Wildman–Crippen LogP) is 6.17. The zero-order valence-corrected chi connectivity index (χ0v) is 21.1. The predicted molar refractivity (Wildman–Crippen MR) is 135 cm³/mol. The number of hydrogen-bond donors (Lipinski definition) is 2. The van der Waals surface area contributed by atoms with Crippen LogP contribution in [0.1, 0.15) is 80.2 Å². The second-order valence-electron chi connectivity index (χ2n) is 11.6. The van der Waals surface area contributed by atoms with Crippen molar-refractivity contribution in [2.75, 3.05) is 24.5 Å². The molecule has 2 unspecified atom stereocenters. The minimum atomic E-state index is 0.109. The number of rotatable bonds is 12. The molecule has 0 aliphatic rings. The first-order valence-corrected chi connectivity index (χ1v) is 11.7. The SMILES string of the molecule is CC(C)=CCN(CC(C)(C)CC(C)CC(N)CN)c1ccc(CCC(C)(C)C)cc1. The fourth-order valence-corrected chi connectivity index (χ4v) is 4.17. The van der Waals surface area contributed by atoms with Crippen LogP contribution in [0, 0.1) is 16.7 Å². The van der Waals surface area contributed by atoms with Crippen LogP contribution in [0.3, 0.4) is 0 Å². The third kappa shape index (κ3) is 11.2. The molecule has 1 aromatic rings. The summed E-state index contributed by atoms with van der Waals surface area (Å²) in [5.74, 6) is 0.573. The lowest BCUT2D eigenvalue weighted by molar-refractivity contribution is 0.264. The molecule has 0 saturated carbocycles. The molecule has 0 spiro atoms. The van der Waals surface area contributed by atoms with Gasteiger partial charge in [-0.2, -0.15) is 0 Å². The molecule has 0 heterocycles. The molecule has 1 rings (SSSR count). The summed E-state index contributed by atoms with van der Waals surface area (Å²) in [6, 6.07) is 9.35. The van der Waals surface area contributed by atoms with Gasteiger partial charge in [-0.05, 0) is 74.0 Å². The molecule has 0 radical (unpaired) electrons. The van der Waals surface area contributed by atoms with Gasteiger partial charge in [-0.15, -0.1) is 0 Å². The minimum Gasteiger partial charge on any atom is -0.367 e. The van der Waals surface area contributed by atoms with Gasteiger partial charge in [0.25, 0.3) is 0 Å². The summed E-state index contributed by atoms with van der Waals surface area (Å²) in [6.45, 7) is 20.9. The zero-order valence-electron chi connectivity index (χ0n) is 21.1. The van der Waals surface area contributed by atoms with Gasteiger partial charge in [0, 0.05) is 31.4 Å². The minimum absolute atomic E-state index is 0.109. The molecular formula is C27H49N3. The summed E-state index contributed by atoms with van der Waals surface area (Å²) >= 11 is 0. The third-order valence-electron chi connectivity index (χ3n) is 5.71. The fourth-order valence-electron chi connectivity index (χ4n) is 4.17. The first-order chi connectivity index (χ1) is 13.8. The van der Waals surface area contributed by atoms with E-state index in [-0.39, 0.29) is 11.5 Å². The Morgan fingerprint density at radius 3 is 2.17 bits per heavy atom.